The molecule has 9 aromatic rings. The Bertz CT molecular complexity index is 4230. The molecule has 10 heteroatoms. The van der Waals surface area contributed by atoms with E-state index in [-0.39, 0.29) is 11.8 Å². The molecule has 0 unspecified atom stereocenters. The highest BCUT2D eigenvalue weighted by Crippen LogP contribution is 2.49. The van der Waals surface area contributed by atoms with E-state index in [1.807, 2.05) is 21.2 Å². The van der Waals surface area contributed by atoms with E-state index < -0.39 is 0 Å². The summed E-state index contributed by atoms with van der Waals surface area (Å²) in [5.74, 6) is 7.27. The summed E-state index contributed by atoms with van der Waals surface area (Å²) in [7, 11) is 0. The molecule has 2 amide bonds. The summed E-state index contributed by atoms with van der Waals surface area (Å²) in [6.07, 6.45) is 18.7. The normalized spacial score (nSPS) is 13.7. The van der Waals surface area contributed by atoms with Crippen molar-refractivity contribution in [3.8, 4) is 56.9 Å². The van der Waals surface area contributed by atoms with Gasteiger partial charge in [0.2, 0.25) is 0 Å². The number of aromatic amines is 2. The number of H-pyrrole nitrogens is 2. The first kappa shape index (κ1) is 53.2. The molecule has 13 rings (SSSR count). The van der Waals surface area contributed by atoms with Crippen LogP contribution < -0.4 is 0 Å². The summed E-state index contributed by atoms with van der Waals surface area (Å²) in [5, 5.41) is 6.34. The van der Waals surface area contributed by atoms with Crippen molar-refractivity contribution in [1.82, 2.24) is 29.7 Å². The fourth-order valence-electron chi connectivity index (χ4n) is 12.7. The first-order chi connectivity index (χ1) is 40.5. The predicted octanol–water partition coefficient (Wildman–Crippen LogP) is 18.9. The maximum Gasteiger partial charge on any atom is 0.261 e. The minimum Gasteiger partial charge on any atom is -0.354 e. The van der Waals surface area contributed by atoms with Crippen LogP contribution in [-0.4, -0.2) is 54.6 Å². The molecule has 4 aromatic carbocycles. The predicted molar refractivity (Wildman–Crippen MR) is 342 cm³/mol. The number of fused-ring (bicyclic) bond motifs is 21. The van der Waals surface area contributed by atoms with Crippen molar-refractivity contribution >= 4 is 89.5 Å². The fourth-order valence-corrected chi connectivity index (χ4v) is 14.4. The highest BCUT2D eigenvalue weighted by atomic mass is 32.1. The highest BCUT2D eigenvalue weighted by molar-refractivity contribution is 7.13. The number of benzene rings is 4. The molecule has 8 bridgehead atoms. The Morgan fingerprint density at radius 2 is 0.915 bits per heavy atom. The Kier molecular flexibility index (Phi) is 15.4. The minimum atomic E-state index is -0.0679. The second kappa shape index (κ2) is 23.8. The number of hydrogen-bond donors (Lipinski definition) is 2. The molecule has 0 aliphatic carbocycles. The molecule has 5 aromatic heterocycles. The second-order valence-corrected chi connectivity index (χ2v) is 24.3. The molecule has 0 saturated heterocycles. The quantitative estimate of drug-likeness (QED) is 0.0587. The van der Waals surface area contributed by atoms with E-state index in [2.05, 4.69) is 169 Å². The van der Waals surface area contributed by atoms with Crippen LogP contribution in [0.2, 0.25) is 0 Å². The molecule has 4 aliphatic rings. The Morgan fingerprint density at radius 3 is 1.46 bits per heavy atom. The number of carbonyl (C=O) groups excluding carboxylic acids is 2. The number of nitrogens with one attached hydrogen (secondary N) is 2. The minimum absolute atomic E-state index is 0.0679. The summed E-state index contributed by atoms with van der Waals surface area (Å²) in [4.78, 5) is 55.5. The first-order valence-electron chi connectivity index (χ1n) is 30.0. The van der Waals surface area contributed by atoms with Crippen LogP contribution in [0.5, 0.6) is 0 Å². The van der Waals surface area contributed by atoms with Crippen LogP contribution >= 0.6 is 22.7 Å². The maximum absolute atomic E-state index is 15.2. The molecule has 82 heavy (non-hydrogen) atoms. The zero-order valence-corrected chi connectivity index (χ0v) is 48.6. The Labute approximate surface area is 488 Å². The number of amides is 2. The van der Waals surface area contributed by atoms with Gasteiger partial charge in [-0.1, -0.05) is 219 Å². The van der Waals surface area contributed by atoms with Gasteiger partial charge >= 0.3 is 0 Å². The second-order valence-electron chi connectivity index (χ2n) is 22.3. The van der Waals surface area contributed by atoms with Crippen molar-refractivity contribution in [2.24, 2.45) is 0 Å². The molecular formula is C72H68N6O2S2. The highest BCUT2D eigenvalue weighted by Gasteiger charge is 2.49. The number of aromatic nitrogens is 4. The van der Waals surface area contributed by atoms with Crippen molar-refractivity contribution in [2.75, 3.05) is 13.1 Å². The number of nitrogens with zero attached hydrogens (tertiary/aromatic N) is 4. The zero-order valence-electron chi connectivity index (χ0n) is 47.0. The van der Waals surface area contributed by atoms with Gasteiger partial charge < -0.3 is 19.8 Å². The Morgan fingerprint density at radius 1 is 0.451 bits per heavy atom. The van der Waals surface area contributed by atoms with Crippen LogP contribution in [0.4, 0.5) is 0 Å². The molecule has 8 nitrogen and oxygen atoms in total. The van der Waals surface area contributed by atoms with Gasteiger partial charge in [-0.2, -0.15) is 0 Å². The van der Waals surface area contributed by atoms with Crippen molar-refractivity contribution in [1.29, 1.82) is 0 Å². The summed E-state index contributed by atoms with van der Waals surface area (Å²) in [6.45, 7) is 5.65. The molecule has 9 heterocycles. The van der Waals surface area contributed by atoms with Crippen molar-refractivity contribution in [3.63, 3.8) is 0 Å². The Hall–Kier alpha value is -8.10. The number of thiophene rings is 2. The number of unbranched alkanes of at least 4 members (excludes halogenated alkanes) is 14. The van der Waals surface area contributed by atoms with Crippen LogP contribution in [0.1, 0.15) is 137 Å². The molecule has 2 N–H and O–H groups in total. The lowest BCUT2D eigenvalue weighted by Crippen LogP contribution is -2.30. The molecule has 4 aliphatic heterocycles. The smallest absolute Gasteiger partial charge is 0.261 e. The monoisotopic (exact) mass is 1110 g/mol. The van der Waals surface area contributed by atoms with E-state index in [1.165, 1.54) is 64.2 Å². The molecule has 0 atom stereocenters. The van der Waals surface area contributed by atoms with Gasteiger partial charge in [-0.25, -0.2) is 9.97 Å². The lowest BCUT2D eigenvalue weighted by Gasteiger charge is -2.24. The maximum atomic E-state index is 15.2. The Balaban J connectivity index is 0.953. The van der Waals surface area contributed by atoms with E-state index >= 15 is 9.59 Å². The van der Waals surface area contributed by atoms with E-state index in [0.29, 0.717) is 24.2 Å². The van der Waals surface area contributed by atoms with Crippen molar-refractivity contribution in [3.05, 3.63) is 176 Å². The van der Waals surface area contributed by atoms with Gasteiger partial charge in [0.1, 0.15) is 0 Å². The fraction of sp³-hybridized carbons (Fsp3) is 0.278. The van der Waals surface area contributed by atoms with Crippen LogP contribution in [0.25, 0.3) is 100 Å². The molecule has 410 valence electrons. The lowest BCUT2D eigenvalue weighted by molar-refractivity contribution is -0.124. The van der Waals surface area contributed by atoms with E-state index in [9.17, 15) is 0 Å². The zero-order chi connectivity index (χ0) is 55.5. The van der Waals surface area contributed by atoms with Gasteiger partial charge in [0.15, 0.2) is 0 Å². The molecular weight excluding hydrogens is 1040 g/mol. The van der Waals surface area contributed by atoms with E-state index in [0.717, 1.165) is 159 Å². The number of carbonyl (C=O) groups is 2. The molecule has 0 saturated carbocycles. The average molecular weight is 1110 g/mol. The van der Waals surface area contributed by atoms with Crippen LogP contribution in [0, 0.1) is 11.8 Å². The van der Waals surface area contributed by atoms with Crippen molar-refractivity contribution < 1.29 is 9.59 Å². The third-order valence-electron chi connectivity index (χ3n) is 16.8. The standard InChI is InChI=1S/C72H68N6O2S2/c1-3-5-7-9-11-13-15-25-41-77-69(63-36-27-43-81-63)65-66(72(77)80)70(78(71(65)79)42-26-16-14-12-10-8-6-4-2)64-40-38-47(82-64)37-39-56-67-54-34-23-21-32-52(54)61(75-67)45-59-50-30-19-17-28-48(50)57(73-59)44-58-49-29-18-20-31-51(49)60(74-58)46-62-53-33-22-24-35-55(53)68(56)76-62/h17-24,27-36,38,40,43-46,73,76H,3-16,25-26,41-42H2,1-2H3. The van der Waals surface area contributed by atoms with Crippen LogP contribution in [-0.2, 0) is 9.59 Å². The van der Waals surface area contributed by atoms with Gasteiger partial charge in [-0.3, -0.25) is 9.59 Å². The van der Waals surface area contributed by atoms with Gasteiger partial charge in [-0.15, -0.1) is 22.7 Å². The third kappa shape index (κ3) is 10.1. The number of hydrogen-bond acceptors (Lipinski definition) is 6. The SMILES string of the molecule is CCCCCCCCCCN1C(=O)C2=C(c3ccc(C#Cc4c5nc(cc6[nH]c(cc7nc(cc8[nH]c4c4ccccc84)-c4ccccc4-7)c4ccccc64)-c4ccccc4-5)s3)N(CCCCCCCCCC)C(=O)C2=C1c1cccs1. The summed E-state index contributed by atoms with van der Waals surface area (Å²) >= 11 is 3.15. The summed E-state index contributed by atoms with van der Waals surface area (Å²) in [5.41, 5.74) is 14.7. The van der Waals surface area contributed by atoms with Crippen molar-refractivity contribution in [2.45, 2.75) is 117 Å². The van der Waals surface area contributed by atoms with E-state index in [1.54, 1.807) is 22.7 Å². The third-order valence-corrected chi connectivity index (χ3v) is 18.7. The lowest BCUT2D eigenvalue weighted by atomic mass is 10.0. The summed E-state index contributed by atoms with van der Waals surface area (Å²) < 4.78 is 0. The van der Waals surface area contributed by atoms with Crippen LogP contribution in [0.15, 0.2) is 156 Å². The average Bonchev–Trinajstić information content (AvgIpc) is 2.36. The van der Waals surface area contributed by atoms with Gasteiger partial charge in [0, 0.05) is 73.4 Å². The molecule has 0 radical (unpaired) electrons. The van der Waals surface area contributed by atoms with Gasteiger partial charge in [0.25, 0.3) is 11.8 Å². The van der Waals surface area contributed by atoms with E-state index in [4.69, 9.17) is 9.97 Å². The van der Waals surface area contributed by atoms with Gasteiger partial charge in [0.05, 0.1) is 71.0 Å². The summed E-state index contributed by atoms with van der Waals surface area (Å²) in [6, 6.07) is 48.7. The van der Waals surface area contributed by atoms with Gasteiger partial charge in [-0.05, 0) is 54.6 Å². The molecule has 0 fully saturated rings. The first-order valence-corrected chi connectivity index (χ1v) is 31.7. The topological polar surface area (TPSA) is 98.0 Å². The molecule has 0 spiro atoms. The van der Waals surface area contributed by atoms with Crippen LogP contribution in [0.3, 0.4) is 0 Å². The number of rotatable bonds is 20. The largest absolute Gasteiger partial charge is 0.354 e.